The number of ether oxygens (including phenoxy) is 1. The van der Waals surface area contributed by atoms with Gasteiger partial charge in [0.1, 0.15) is 5.75 Å². The highest BCUT2D eigenvalue weighted by Gasteiger charge is 2.27. The standard InChI is InChI=1S/C23H28N2O3/c1-16-5-4-6-17(2)22(16)24-23(27)19-11-13-25(14-12-19)21(26)15-18-7-9-20(28-3)10-8-18/h4-10,19H,11-15H2,1-3H3,(H,24,27). The van der Waals surface area contributed by atoms with Gasteiger partial charge in [-0.25, -0.2) is 0 Å². The lowest BCUT2D eigenvalue weighted by atomic mass is 9.95. The summed E-state index contributed by atoms with van der Waals surface area (Å²) in [6.07, 6.45) is 1.78. The molecule has 3 rings (SSSR count). The van der Waals surface area contributed by atoms with Crippen molar-refractivity contribution in [1.82, 2.24) is 4.90 Å². The van der Waals surface area contributed by atoms with Gasteiger partial charge in [-0.3, -0.25) is 9.59 Å². The zero-order valence-corrected chi connectivity index (χ0v) is 16.8. The van der Waals surface area contributed by atoms with Crippen LogP contribution in [0.4, 0.5) is 5.69 Å². The molecular formula is C23H28N2O3. The first-order valence-corrected chi connectivity index (χ1v) is 9.75. The van der Waals surface area contributed by atoms with Crippen molar-refractivity contribution in [3.05, 3.63) is 59.2 Å². The molecule has 5 nitrogen and oxygen atoms in total. The summed E-state index contributed by atoms with van der Waals surface area (Å²) in [6, 6.07) is 13.6. The highest BCUT2D eigenvalue weighted by Crippen LogP contribution is 2.24. The maximum Gasteiger partial charge on any atom is 0.227 e. The number of amides is 2. The van der Waals surface area contributed by atoms with Crippen LogP contribution in [0.1, 0.15) is 29.5 Å². The number of hydrogen-bond acceptors (Lipinski definition) is 3. The molecular weight excluding hydrogens is 352 g/mol. The van der Waals surface area contributed by atoms with Gasteiger partial charge < -0.3 is 15.0 Å². The van der Waals surface area contributed by atoms with E-state index in [9.17, 15) is 9.59 Å². The van der Waals surface area contributed by atoms with Gasteiger partial charge in [-0.2, -0.15) is 0 Å². The van der Waals surface area contributed by atoms with Gasteiger partial charge in [0.2, 0.25) is 11.8 Å². The molecule has 2 aromatic carbocycles. The Morgan fingerprint density at radius 1 is 1.04 bits per heavy atom. The van der Waals surface area contributed by atoms with E-state index < -0.39 is 0 Å². The molecule has 0 spiro atoms. The molecule has 28 heavy (non-hydrogen) atoms. The summed E-state index contributed by atoms with van der Waals surface area (Å²) in [5, 5.41) is 3.09. The number of carbonyl (C=O) groups excluding carboxylic acids is 2. The van der Waals surface area contributed by atoms with Crippen molar-refractivity contribution >= 4 is 17.5 Å². The van der Waals surface area contributed by atoms with E-state index in [1.54, 1.807) is 7.11 Å². The van der Waals surface area contributed by atoms with Gasteiger partial charge in [0.05, 0.1) is 13.5 Å². The lowest BCUT2D eigenvalue weighted by molar-refractivity contribution is -0.133. The van der Waals surface area contributed by atoms with Crippen LogP contribution in [0.3, 0.4) is 0 Å². The Morgan fingerprint density at radius 3 is 2.21 bits per heavy atom. The molecule has 5 heteroatoms. The summed E-state index contributed by atoms with van der Waals surface area (Å²) >= 11 is 0. The third kappa shape index (κ3) is 4.71. The Kier molecular flexibility index (Phi) is 6.34. The number of rotatable bonds is 5. The van der Waals surface area contributed by atoms with Crippen molar-refractivity contribution in [2.75, 3.05) is 25.5 Å². The molecule has 0 atom stereocenters. The number of aryl methyl sites for hydroxylation is 2. The minimum atomic E-state index is -0.0518. The number of likely N-dealkylation sites (tertiary alicyclic amines) is 1. The molecule has 1 aliphatic heterocycles. The minimum absolute atomic E-state index is 0.0518. The van der Waals surface area contributed by atoms with Crippen molar-refractivity contribution in [1.29, 1.82) is 0 Å². The second-order valence-electron chi connectivity index (χ2n) is 7.44. The first kappa shape index (κ1) is 19.9. The molecule has 1 saturated heterocycles. The Hall–Kier alpha value is -2.82. The zero-order chi connectivity index (χ0) is 20.1. The van der Waals surface area contributed by atoms with Crippen LogP contribution >= 0.6 is 0 Å². The molecule has 0 radical (unpaired) electrons. The van der Waals surface area contributed by atoms with Crippen LogP contribution in [-0.2, 0) is 16.0 Å². The Bertz CT molecular complexity index is 817. The molecule has 0 saturated carbocycles. The molecule has 1 heterocycles. The summed E-state index contributed by atoms with van der Waals surface area (Å²) in [5.74, 6) is 0.898. The van der Waals surface area contributed by atoms with Crippen LogP contribution in [0, 0.1) is 19.8 Å². The third-order valence-electron chi connectivity index (χ3n) is 5.46. The van der Waals surface area contributed by atoms with Gasteiger partial charge in [-0.05, 0) is 55.5 Å². The Morgan fingerprint density at radius 2 is 1.64 bits per heavy atom. The molecule has 1 aliphatic rings. The van der Waals surface area contributed by atoms with E-state index >= 15 is 0 Å². The van der Waals surface area contributed by atoms with Crippen molar-refractivity contribution in [2.24, 2.45) is 5.92 Å². The van der Waals surface area contributed by atoms with Crippen LogP contribution in [0.25, 0.3) is 0 Å². The summed E-state index contributed by atoms with van der Waals surface area (Å²) in [5.41, 5.74) is 4.02. The number of nitrogens with zero attached hydrogens (tertiary/aromatic N) is 1. The van der Waals surface area contributed by atoms with Gasteiger partial charge in [0, 0.05) is 24.7 Å². The van der Waals surface area contributed by atoms with Crippen molar-refractivity contribution in [3.63, 3.8) is 0 Å². The molecule has 1 fully saturated rings. The monoisotopic (exact) mass is 380 g/mol. The minimum Gasteiger partial charge on any atom is -0.497 e. The summed E-state index contributed by atoms with van der Waals surface area (Å²) in [6.45, 7) is 5.26. The smallest absolute Gasteiger partial charge is 0.227 e. The molecule has 0 aliphatic carbocycles. The molecule has 2 aromatic rings. The lowest BCUT2D eigenvalue weighted by Crippen LogP contribution is -2.42. The summed E-state index contributed by atoms with van der Waals surface area (Å²) < 4.78 is 5.15. The van der Waals surface area contributed by atoms with Crippen LogP contribution < -0.4 is 10.1 Å². The molecule has 0 bridgehead atoms. The van der Waals surface area contributed by atoms with Gasteiger partial charge >= 0.3 is 0 Å². The predicted octanol–water partition coefficient (Wildman–Crippen LogP) is 3.73. The fourth-order valence-electron chi connectivity index (χ4n) is 3.66. The zero-order valence-electron chi connectivity index (χ0n) is 16.8. The average Bonchev–Trinajstić information content (AvgIpc) is 2.71. The number of anilines is 1. The molecule has 148 valence electrons. The van der Waals surface area contributed by atoms with Gasteiger partial charge in [-0.1, -0.05) is 30.3 Å². The van der Waals surface area contributed by atoms with Crippen LogP contribution in [0.15, 0.2) is 42.5 Å². The van der Waals surface area contributed by atoms with Gasteiger partial charge in [0.15, 0.2) is 0 Å². The van der Waals surface area contributed by atoms with Crippen LogP contribution in [-0.4, -0.2) is 36.9 Å². The number of nitrogens with one attached hydrogen (secondary N) is 1. The van der Waals surface area contributed by atoms with E-state index in [1.807, 2.05) is 61.2 Å². The number of benzene rings is 2. The fourth-order valence-corrected chi connectivity index (χ4v) is 3.66. The predicted molar refractivity (Wildman–Crippen MR) is 111 cm³/mol. The van der Waals surface area contributed by atoms with Gasteiger partial charge in [-0.15, -0.1) is 0 Å². The van der Waals surface area contributed by atoms with Crippen LogP contribution in [0.5, 0.6) is 5.75 Å². The third-order valence-corrected chi connectivity index (χ3v) is 5.46. The Balaban J connectivity index is 1.52. The second kappa shape index (κ2) is 8.91. The van der Waals surface area contributed by atoms with Crippen molar-refractivity contribution in [2.45, 2.75) is 33.1 Å². The number of hydrogen-bond donors (Lipinski definition) is 1. The largest absolute Gasteiger partial charge is 0.497 e. The molecule has 1 N–H and O–H groups in total. The maximum absolute atomic E-state index is 12.7. The van der Waals surface area contributed by atoms with Gasteiger partial charge in [0.25, 0.3) is 0 Å². The van der Waals surface area contributed by atoms with E-state index in [1.165, 1.54) is 0 Å². The number of piperidine rings is 1. The Labute approximate surface area is 166 Å². The van der Waals surface area contributed by atoms with E-state index in [0.29, 0.717) is 32.4 Å². The highest BCUT2D eigenvalue weighted by molar-refractivity contribution is 5.94. The van der Waals surface area contributed by atoms with Crippen LogP contribution in [0.2, 0.25) is 0 Å². The lowest BCUT2D eigenvalue weighted by Gasteiger charge is -2.31. The highest BCUT2D eigenvalue weighted by atomic mass is 16.5. The number of methoxy groups -OCH3 is 1. The summed E-state index contributed by atoms with van der Waals surface area (Å²) in [7, 11) is 1.63. The van der Waals surface area contributed by atoms with E-state index in [4.69, 9.17) is 4.74 Å². The second-order valence-corrected chi connectivity index (χ2v) is 7.44. The fraction of sp³-hybridized carbons (Fsp3) is 0.391. The van der Waals surface area contributed by atoms with E-state index in [-0.39, 0.29) is 17.7 Å². The topological polar surface area (TPSA) is 58.6 Å². The van der Waals surface area contributed by atoms with E-state index in [2.05, 4.69) is 5.32 Å². The first-order chi connectivity index (χ1) is 13.5. The maximum atomic E-state index is 12.7. The van der Waals surface area contributed by atoms with Crippen molar-refractivity contribution < 1.29 is 14.3 Å². The summed E-state index contributed by atoms with van der Waals surface area (Å²) in [4.78, 5) is 27.1. The average molecular weight is 380 g/mol. The first-order valence-electron chi connectivity index (χ1n) is 9.75. The normalized spacial score (nSPS) is 14.6. The molecule has 0 aromatic heterocycles. The molecule has 0 unspecified atom stereocenters. The molecule has 2 amide bonds. The SMILES string of the molecule is COc1ccc(CC(=O)N2CCC(C(=O)Nc3c(C)cccc3C)CC2)cc1. The number of carbonyl (C=O) groups is 2. The number of para-hydroxylation sites is 1. The quantitative estimate of drug-likeness (QED) is 0.860. The van der Waals surface area contributed by atoms with E-state index in [0.717, 1.165) is 28.1 Å². The van der Waals surface area contributed by atoms with Crippen molar-refractivity contribution in [3.8, 4) is 5.75 Å².